The van der Waals surface area contributed by atoms with E-state index in [1.165, 1.54) is 12.8 Å². The molecule has 1 heterocycles. The standard InChI is InChI=1S/C11H17N3O2/c1-15-6-7-16-11-5-4-10(13-14-11)8-12-9-2-3-9/h4-5,9,12H,2-3,6-8H2,1H3. The lowest BCUT2D eigenvalue weighted by atomic mass is 10.4. The summed E-state index contributed by atoms with van der Waals surface area (Å²) in [5, 5.41) is 11.4. The molecule has 0 aliphatic heterocycles. The van der Waals surface area contributed by atoms with Crippen molar-refractivity contribution in [2.24, 2.45) is 0 Å². The van der Waals surface area contributed by atoms with E-state index in [1.807, 2.05) is 12.1 Å². The molecule has 1 N–H and O–H groups in total. The van der Waals surface area contributed by atoms with Crippen molar-refractivity contribution >= 4 is 0 Å². The molecule has 0 radical (unpaired) electrons. The Balaban J connectivity index is 1.74. The summed E-state index contributed by atoms with van der Waals surface area (Å²) in [5.74, 6) is 0.548. The molecular formula is C11H17N3O2. The lowest BCUT2D eigenvalue weighted by Gasteiger charge is -2.05. The maximum atomic E-state index is 5.32. The summed E-state index contributed by atoms with van der Waals surface area (Å²) < 4.78 is 10.2. The van der Waals surface area contributed by atoms with E-state index in [2.05, 4.69) is 15.5 Å². The number of rotatable bonds is 7. The van der Waals surface area contributed by atoms with Gasteiger partial charge in [0.25, 0.3) is 0 Å². The molecule has 0 saturated heterocycles. The number of aromatic nitrogens is 2. The van der Waals surface area contributed by atoms with Crippen LogP contribution in [-0.2, 0) is 11.3 Å². The zero-order chi connectivity index (χ0) is 11.2. The largest absolute Gasteiger partial charge is 0.474 e. The van der Waals surface area contributed by atoms with Crippen molar-refractivity contribution in [3.8, 4) is 5.88 Å². The van der Waals surface area contributed by atoms with Crippen LogP contribution >= 0.6 is 0 Å². The average molecular weight is 223 g/mol. The molecule has 2 rings (SSSR count). The highest BCUT2D eigenvalue weighted by Crippen LogP contribution is 2.19. The zero-order valence-electron chi connectivity index (χ0n) is 9.48. The Bertz CT molecular complexity index is 312. The summed E-state index contributed by atoms with van der Waals surface area (Å²) in [6.07, 6.45) is 2.57. The summed E-state index contributed by atoms with van der Waals surface area (Å²) in [7, 11) is 1.64. The van der Waals surface area contributed by atoms with Gasteiger partial charge in [-0.15, -0.1) is 5.10 Å². The van der Waals surface area contributed by atoms with Crippen molar-refractivity contribution in [2.45, 2.75) is 25.4 Å². The quantitative estimate of drug-likeness (QED) is 0.691. The van der Waals surface area contributed by atoms with Crippen molar-refractivity contribution in [3.63, 3.8) is 0 Å². The van der Waals surface area contributed by atoms with Crippen LogP contribution in [-0.4, -0.2) is 36.6 Å². The van der Waals surface area contributed by atoms with Gasteiger partial charge in [-0.05, 0) is 18.9 Å². The van der Waals surface area contributed by atoms with E-state index in [1.54, 1.807) is 7.11 Å². The molecule has 1 aromatic rings. The van der Waals surface area contributed by atoms with Gasteiger partial charge in [-0.1, -0.05) is 0 Å². The van der Waals surface area contributed by atoms with Gasteiger partial charge in [-0.3, -0.25) is 0 Å². The minimum atomic E-state index is 0.505. The van der Waals surface area contributed by atoms with E-state index >= 15 is 0 Å². The number of methoxy groups -OCH3 is 1. The van der Waals surface area contributed by atoms with Gasteiger partial charge in [0.05, 0.1) is 12.3 Å². The molecule has 5 heteroatoms. The van der Waals surface area contributed by atoms with Crippen molar-refractivity contribution < 1.29 is 9.47 Å². The minimum absolute atomic E-state index is 0.505. The lowest BCUT2D eigenvalue weighted by molar-refractivity contribution is 0.143. The lowest BCUT2D eigenvalue weighted by Crippen LogP contribution is -2.16. The fourth-order valence-electron chi connectivity index (χ4n) is 1.28. The molecule has 0 amide bonds. The highest BCUT2D eigenvalue weighted by Gasteiger charge is 2.20. The van der Waals surface area contributed by atoms with E-state index in [-0.39, 0.29) is 0 Å². The van der Waals surface area contributed by atoms with Gasteiger partial charge in [-0.2, -0.15) is 5.10 Å². The molecule has 1 aliphatic rings. The second-order valence-electron chi connectivity index (χ2n) is 3.86. The fourth-order valence-corrected chi connectivity index (χ4v) is 1.28. The Morgan fingerprint density at radius 2 is 2.19 bits per heavy atom. The van der Waals surface area contributed by atoms with E-state index < -0.39 is 0 Å². The Labute approximate surface area is 95.2 Å². The zero-order valence-corrected chi connectivity index (χ0v) is 9.48. The van der Waals surface area contributed by atoms with Crippen molar-refractivity contribution in [2.75, 3.05) is 20.3 Å². The van der Waals surface area contributed by atoms with Crippen LogP contribution in [0.5, 0.6) is 5.88 Å². The summed E-state index contributed by atoms with van der Waals surface area (Å²) in [6, 6.07) is 4.47. The van der Waals surface area contributed by atoms with E-state index in [9.17, 15) is 0 Å². The smallest absolute Gasteiger partial charge is 0.233 e. The second-order valence-corrected chi connectivity index (χ2v) is 3.86. The third kappa shape index (κ3) is 3.75. The van der Waals surface area contributed by atoms with Crippen LogP contribution in [0.15, 0.2) is 12.1 Å². The topological polar surface area (TPSA) is 56.3 Å². The highest BCUT2D eigenvalue weighted by molar-refractivity contribution is 5.11. The van der Waals surface area contributed by atoms with Crippen LogP contribution < -0.4 is 10.1 Å². The van der Waals surface area contributed by atoms with Gasteiger partial charge in [0.15, 0.2) is 0 Å². The third-order valence-corrected chi connectivity index (χ3v) is 2.38. The van der Waals surface area contributed by atoms with Crippen LogP contribution in [0.25, 0.3) is 0 Å². The Morgan fingerprint density at radius 1 is 1.31 bits per heavy atom. The predicted octanol–water partition coefficient (Wildman–Crippen LogP) is 0.754. The molecule has 1 aromatic heterocycles. The van der Waals surface area contributed by atoms with E-state index in [0.717, 1.165) is 12.2 Å². The van der Waals surface area contributed by atoms with Gasteiger partial charge < -0.3 is 14.8 Å². The van der Waals surface area contributed by atoms with Gasteiger partial charge in [0.2, 0.25) is 5.88 Å². The van der Waals surface area contributed by atoms with Gasteiger partial charge >= 0.3 is 0 Å². The molecular weight excluding hydrogens is 206 g/mol. The molecule has 5 nitrogen and oxygen atoms in total. The predicted molar refractivity (Wildman–Crippen MR) is 59.3 cm³/mol. The molecule has 1 aliphatic carbocycles. The van der Waals surface area contributed by atoms with Gasteiger partial charge in [0, 0.05) is 25.8 Å². The number of nitrogens with one attached hydrogen (secondary N) is 1. The monoisotopic (exact) mass is 223 g/mol. The van der Waals surface area contributed by atoms with Gasteiger partial charge in [0.1, 0.15) is 6.61 Å². The average Bonchev–Trinajstić information content (AvgIpc) is 3.12. The van der Waals surface area contributed by atoms with Crippen molar-refractivity contribution in [1.82, 2.24) is 15.5 Å². The Hall–Kier alpha value is -1.20. The highest BCUT2D eigenvalue weighted by atomic mass is 16.5. The normalized spacial score (nSPS) is 15.1. The molecule has 0 unspecified atom stereocenters. The van der Waals surface area contributed by atoms with Gasteiger partial charge in [-0.25, -0.2) is 0 Å². The SMILES string of the molecule is COCCOc1ccc(CNC2CC2)nn1. The summed E-state index contributed by atoms with van der Waals surface area (Å²) in [4.78, 5) is 0. The first-order valence-corrected chi connectivity index (χ1v) is 5.56. The molecule has 1 fully saturated rings. The third-order valence-electron chi connectivity index (χ3n) is 2.38. The number of hydrogen-bond donors (Lipinski definition) is 1. The summed E-state index contributed by atoms with van der Waals surface area (Å²) >= 11 is 0. The maximum Gasteiger partial charge on any atom is 0.233 e. The number of ether oxygens (including phenoxy) is 2. The van der Waals surface area contributed by atoms with Crippen LogP contribution in [0.4, 0.5) is 0 Å². The first-order chi connectivity index (χ1) is 7.88. The van der Waals surface area contributed by atoms with Crippen LogP contribution in [0, 0.1) is 0 Å². The molecule has 0 spiro atoms. The first-order valence-electron chi connectivity index (χ1n) is 5.56. The van der Waals surface area contributed by atoms with Crippen LogP contribution in [0.3, 0.4) is 0 Å². The van der Waals surface area contributed by atoms with E-state index in [4.69, 9.17) is 9.47 Å². The number of nitrogens with zero attached hydrogens (tertiary/aromatic N) is 2. The summed E-state index contributed by atoms with van der Waals surface area (Å²) in [5.41, 5.74) is 0.950. The molecule has 16 heavy (non-hydrogen) atoms. The Kier molecular flexibility index (Phi) is 4.07. The van der Waals surface area contributed by atoms with Crippen LogP contribution in [0.2, 0.25) is 0 Å². The maximum absolute atomic E-state index is 5.32. The molecule has 0 atom stereocenters. The molecule has 0 bridgehead atoms. The second kappa shape index (κ2) is 5.77. The first kappa shape index (κ1) is 11.3. The van der Waals surface area contributed by atoms with Crippen molar-refractivity contribution in [3.05, 3.63) is 17.8 Å². The van der Waals surface area contributed by atoms with Crippen LogP contribution in [0.1, 0.15) is 18.5 Å². The Morgan fingerprint density at radius 3 is 2.81 bits per heavy atom. The summed E-state index contributed by atoms with van der Waals surface area (Å²) in [6.45, 7) is 1.85. The number of hydrogen-bond acceptors (Lipinski definition) is 5. The molecule has 0 aromatic carbocycles. The fraction of sp³-hybridized carbons (Fsp3) is 0.636. The minimum Gasteiger partial charge on any atom is -0.474 e. The van der Waals surface area contributed by atoms with E-state index in [0.29, 0.717) is 25.1 Å². The van der Waals surface area contributed by atoms with Crippen molar-refractivity contribution in [1.29, 1.82) is 0 Å². The molecule has 1 saturated carbocycles. The molecule has 88 valence electrons.